The van der Waals surface area contributed by atoms with Crippen molar-refractivity contribution < 1.29 is 9.59 Å². The molecule has 3 rings (SSSR count). The molecule has 0 aromatic carbocycles. The van der Waals surface area contributed by atoms with Gasteiger partial charge in [-0.2, -0.15) is 5.10 Å². The van der Waals surface area contributed by atoms with Crippen molar-refractivity contribution in [2.24, 2.45) is 0 Å². The maximum absolute atomic E-state index is 12.3. The second-order valence-corrected chi connectivity index (χ2v) is 6.97. The van der Waals surface area contributed by atoms with Crippen molar-refractivity contribution in [3.8, 4) is 0 Å². The number of rotatable bonds is 5. The first-order chi connectivity index (χ1) is 12.2. The van der Waals surface area contributed by atoms with Crippen molar-refractivity contribution in [2.45, 2.75) is 26.4 Å². The minimum Gasteiger partial charge on any atom is -0.334 e. The number of carbonyl (C=O) groups excluding carboxylic acids is 2. The molecule has 8 heteroatoms. The highest BCUT2D eigenvalue weighted by Gasteiger charge is 2.25. The number of nitrogens with one attached hydrogen (secondary N) is 1. The summed E-state index contributed by atoms with van der Waals surface area (Å²) in [7, 11) is 0. The van der Waals surface area contributed by atoms with E-state index in [4.69, 9.17) is 0 Å². The molecule has 0 unspecified atom stereocenters. The molecule has 1 aliphatic rings. The highest BCUT2D eigenvalue weighted by atomic mass is 32.1. The van der Waals surface area contributed by atoms with E-state index in [-0.39, 0.29) is 11.9 Å². The number of piperazine rings is 1. The number of hydrogen-bond donors (Lipinski definition) is 1. The summed E-state index contributed by atoms with van der Waals surface area (Å²) in [5.41, 5.74) is 0.994. The first-order valence-electron chi connectivity index (χ1n) is 8.54. The summed E-state index contributed by atoms with van der Waals surface area (Å²) in [5, 5.41) is 9.09. The van der Waals surface area contributed by atoms with Crippen LogP contribution in [0, 0.1) is 0 Å². The summed E-state index contributed by atoms with van der Waals surface area (Å²) in [5.74, 6) is 0.0541. The van der Waals surface area contributed by atoms with Gasteiger partial charge >= 0.3 is 6.03 Å². The van der Waals surface area contributed by atoms with E-state index in [0.29, 0.717) is 32.7 Å². The van der Waals surface area contributed by atoms with Crippen LogP contribution in [0.5, 0.6) is 0 Å². The van der Waals surface area contributed by atoms with Crippen LogP contribution in [0.2, 0.25) is 0 Å². The number of nitrogens with zero attached hydrogens (tertiary/aromatic N) is 4. The quantitative estimate of drug-likeness (QED) is 0.886. The highest BCUT2D eigenvalue weighted by molar-refractivity contribution is 7.12. The molecule has 0 spiro atoms. The Morgan fingerprint density at radius 2 is 2.00 bits per heavy atom. The third-order valence-electron chi connectivity index (χ3n) is 4.17. The molecule has 25 heavy (non-hydrogen) atoms. The smallest absolute Gasteiger partial charge is 0.317 e. The molecule has 3 heterocycles. The Hall–Kier alpha value is -2.35. The summed E-state index contributed by atoms with van der Waals surface area (Å²) in [6.45, 7) is 5.70. The zero-order valence-corrected chi connectivity index (χ0v) is 15.2. The molecule has 3 amide bonds. The third kappa shape index (κ3) is 4.39. The molecule has 0 bridgehead atoms. The third-order valence-corrected chi connectivity index (χ3v) is 5.03. The van der Waals surface area contributed by atoms with Crippen molar-refractivity contribution >= 4 is 23.3 Å². The average molecular weight is 361 g/mol. The molecule has 0 saturated carbocycles. The molecule has 1 fully saturated rings. The van der Waals surface area contributed by atoms with Crippen molar-refractivity contribution in [1.29, 1.82) is 0 Å². The zero-order valence-electron chi connectivity index (χ0n) is 14.4. The summed E-state index contributed by atoms with van der Waals surface area (Å²) >= 11 is 1.45. The first-order valence-corrected chi connectivity index (χ1v) is 9.42. The topological polar surface area (TPSA) is 70.5 Å². The fourth-order valence-electron chi connectivity index (χ4n) is 2.81. The Balaban J connectivity index is 1.44. The van der Waals surface area contributed by atoms with Crippen LogP contribution in [0.3, 0.4) is 0 Å². The Morgan fingerprint density at radius 1 is 1.24 bits per heavy atom. The van der Waals surface area contributed by atoms with Crippen LogP contribution in [0.4, 0.5) is 4.79 Å². The number of amides is 3. The van der Waals surface area contributed by atoms with Gasteiger partial charge in [0.2, 0.25) is 0 Å². The van der Waals surface area contributed by atoms with E-state index in [1.54, 1.807) is 11.1 Å². The van der Waals surface area contributed by atoms with Crippen LogP contribution in [0.15, 0.2) is 29.9 Å². The average Bonchev–Trinajstić information content (AvgIpc) is 3.31. The predicted octanol–water partition coefficient (Wildman–Crippen LogP) is 2.02. The van der Waals surface area contributed by atoms with E-state index in [9.17, 15) is 9.59 Å². The largest absolute Gasteiger partial charge is 0.334 e. The van der Waals surface area contributed by atoms with Gasteiger partial charge in [-0.15, -0.1) is 11.3 Å². The van der Waals surface area contributed by atoms with E-state index in [1.165, 1.54) is 11.3 Å². The van der Waals surface area contributed by atoms with Gasteiger partial charge in [0, 0.05) is 51.0 Å². The molecule has 0 atom stereocenters. The fourth-order valence-corrected chi connectivity index (χ4v) is 3.50. The minimum atomic E-state index is -0.0912. The van der Waals surface area contributed by atoms with Gasteiger partial charge < -0.3 is 15.1 Å². The van der Waals surface area contributed by atoms with Gasteiger partial charge in [-0.25, -0.2) is 4.79 Å². The molecular weight excluding hydrogens is 338 g/mol. The summed E-state index contributed by atoms with van der Waals surface area (Å²) in [6.07, 6.45) is 4.77. The highest BCUT2D eigenvalue weighted by Crippen LogP contribution is 2.14. The molecule has 0 radical (unpaired) electrons. The van der Waals surface area contributed by atoms with Crippen molar-refractivity contribution in [3.05, 3.63) is 40.3 Å². The lowest BCUT2D eigenvalue weighted by Crippen LogP contribution is -2.53. The molecular formula is C17H23N5O2S. The van der Waals surface area contributed by atoms with E-state index >= 15 is 0 Å². The van der Waals surface area contributed by atoms with Crippen LogP contribution in [0.1, 0.15) is 28.6 Å². The number of hydrogen-bond acceptors (Lipinski definition) is 4. The SMILES string of the molecule is CCCn1cc(CNC(=O)N2CCN(C(=O)c3cccs3)CC2)cn1. The minimum absolute atomic E-state index is 0.0541. The second kappa shape index (κ2) is 8.15. The number of thiophene rings is 1. The molecule has 1 aliphatic heterocycles. The first kappa shape index (κ1) is 17.5. The number of aromatic nitrogens is 2. The van der Waals surface area contributed by atoms with Crippen LogP contribution < -0.4 is 5.32 Å². The maximum Gasteiger partial charge on any atom is 0.317 e. The molecule has 134 valence electrons. The lowest BCUT2D eigenvalue weighted by molar-refractivity contribution is 0.0669. The van der Waals surface area contributed by atoms with Crippen LogP contribution in [-0.4, -0.2) is 57.7 Å². The van der Waals surface area contributed by atoms with E-state index in [2.05, 4.69) is 17.3 Å². The number of aryl methyl sites for hydroxylation is 1. The van der Waals surface area contributed by atoms with Crippen LogP contribution in [-0.2, 0) is 13.1 Å². The summed E-state index contributed by atoms with van der Waals surface area (Å²) in [4.78, 5) is 28.9. The van der Waals surface area contributed by atoms with E-state index in [1.807, 2.05) is 33.3 Å². The summed E-state index contributed by atoms with van der Waals surface area (Å²) in [6, 6.07) is 3.63. The van der Waals surface area contributed by atoms with Gasteiger partial charge in [0.15, 0.2) is 0 Å². The molecule has 2 aromatic rings. The lowest BCUT2D eigenvalue weighted by atomic mass is 10.3. The second-order valence-electron chi connectivity index (χ2n) is 6.03. The maximum atomic E-state index is 12.3. The zero-order chi connectivity index (χ0) is 17.6. The van der Waals surface area contributed by atoms with Crippen LogP contribution >= 0.6 is 11.3 Å². The van der Waals surface area contributed by atoms with Crippen molar-refractivity contribution in [2.75, 3.05) is 26.2 Å². The Kier molecular flexibility index (Phi) is 5.70. The normalized spacial score (nSPS) is 14.6. The van der Waals surface area contributed by atoms with Gasteiger partial charge in [-0.05, 0) is 17.9 Å². The summed E-state index contributed by atoms with van der Waals surface area (Å²) < 4.78 is 1.89. The molecule has 1 saturated heterocycles. The Bertz CT molecular complexity index is 704. The predicted molar refractivity (Wildman–Crippen MR) is 96.5 cm³/mol. The van der Waals surface area contributed by atoms with Gasteiger partial charge in [-0.1, -0.05) is 13.0 Å². The van der Waals surface area contributed by atoms with Gasteiger partial charge in [-0.3, -0.25) is 9.48 Å². The molecule has 7 nitrogen and oxygen atoms in total. The van der Waals surface area contributed by atoms with Gasteiger partial charge in [0.1, 0.15) is 0 Å². The van der Waals surface area contributed by atoms with Gasteiger partial charge in [0.05, 0.1) is 11.1 Å². The number of carbonyl (C=O) groups is 2. The fraction of sp³-hybridized carbons (Fsp3) is 0.471. The van der Waals surface area contributed by atoms with Gasteiger partial charge in [0.25, 0.3) is 5.91 Å². The van der Waals surface area contributed by atoms with Crippen LogP contribution in [0.25, 0.3) is 0 Å². The lowest BCUT2D eigenvalue weighted by Gasteiger charge is -2.34. The van der Waals surface area contributed by atoms with Crippen molar-refractivity contribution in [3.63, 3.8) is 0 Å². The molecule has 2 aromatic heterocycles. The molecule has 0 aliphatic carbocycles. The monoisotopic (exact) mass is 361 g/mol. The Morgan fingerprint density at radius 3 is 2.68 bits per heavy atom. The number of urea groups is 1. The standard InChI is InChI=1S/C17H23N5O2S/c1-2-5-22-13-14(12-19-22)11-18-17(24)21-8-6-20(7-9-21)16(23)15-4-3-10-25-15/h3-4,10,12-13H,2,5-9,11H2,1H3,(H,18,24). The van der Waals surface area contributed by atoms with E-state index in [0.717, 1.165) is 23.4 Å². The molecule has 1 N–H and O–H groups in total. The Labute approximate surface area is 151 Å². The van der Waals surface area contributed by atoms with E-state index < -0.39 is 0 Å². The van der Waals surface area contributed by atoms with Crippen molar-refractivity contribution in [1.82, 2.24) is 24.9 Å².